The normalized spacial score (nSPS) is 29.1. The lowest BCUT2D eigenvalue weighted by Crippen LogP contribution is -2.38. The molecule has 76 valence electrons. The molecule has 0 aromatic heterocycles. The summed E-state index contributed by atoms with van der Waals surface area (Å²) >= 11 is 0. The Labute approximate surface area is 80.3 Å². The Hall–Kier alpha value is -0.110. The molecule has 0 aromatic rings. The summed E-state index contributed by atoms with van der Waals surface area (Å²) in [5, 5.41) is 0. The van der Waals surface area contributed by atoms with E-state index in [-0.39, 0.29) is 0 Å². The number of likely N-dealkylation sites (tertiary alicyclic amines) is 1. The summed E-state index contributed by atoms with van der Waals surface area (Å²) in [6, 6.07) is 0. The van der Waals surface area contributed by atoms with Gasteiger partial charge in [0.1, 0.15) is 6.17 Å². The van der Waals surface area contributed by atoms with Crippen molar-refractivity contribution in [3.63, 3.8) is 0 Å². The van der Waals surface area contributed by atoms with Gasteiger partial charge in [-0.25, -0.2) is 4.39 Å². The van der Waals surface area contributed by atoms with Crippen molar-refractivity contribution in [2.24, 2.45) is 5.41 Å². The topological polar surface area (TPSA) is 3.24 Å². The summed E-state index contributed by atoms with van der Waals surface area (Å²) in [5.41, 5.74) is 0.731. The molecular weight excluding hydrogens is 165 g/mol. The van der Waals surface area contributed by atoms with Gasteiger partial charge in [0.15, 0.2) is 0 Å². The minimum Gasteiger partial charge on any atom is -0.300 e. The summed E-state index contributed by atoms with van der Waals surface area (Å²) in [5.74, 6) is 0. The lowest BCUT2D eigenvalue weighted by atomic mass is 9.93. The molecule has 1 heterocycles. The molecule has 2 heteroatoms. The van der Waals surface area contributed by atoms with E-state index >= 15 is 0 Å². The summed E-state index contributed by atoms with van der Waals surface area (Å²) in [6.45, 7) is 4.88. The smallest absolute Gasteiger partial charge is 0.112 e. The maximum atomic E-state index is 13.1. The Morgan fingerprint density at radius 1 is 1.23 bits per heavy atom. The Kier molecular flexibility index (Phi) is 2.59. The number of nitrogens with zero attached hydrogens (tertiary/aromatic N) is 1. The molecule has 1 atom stereocenters. The van der Waals surface area contributed by atoms with Gasteiger partial charge in [-0.3, -0.25) is 0 Å². The first-order chi connectivity index (χ1) is 6.24. The Morgan fingerprint density at radius 3 is 2.31 bits per heavy atom. The Bertz CT molecular complexity index is 167. The predicted molar refractivity (Wildman–Crippen MR) is 52.5 cm³/mol. The standard InChI is InChI=1S/C11H20FN/c1-2-10(12)9-13-7-5-11(3-4-11)6-8-13/h10H,2-9H2,1H3. The molecule has 1 spiro atoms. The van der Waals surface area contributed by atoms with E-state index in [9.17, 15) is 4.39 Å². The minimum absolute atomic E-state index is 0.603. The third kappa shape index (κ3) is 2.22. The number of alkyl halides is 1. The van der Waals surface area contributed by atoms with E-state index in [0.29, 0.717) is 13.0 Å². The van der Waals surface area contributed by atoms with Gasteiger partial charge in [-0.2, -0.15) is 0 Å². The zero-order valence-electron chi connectivity index (χ0n) is 8.56. The van der Waals surface area contributed by atoms with E-state index in [2.05, 4.69) is 4.90 Å². The van der Waals surface area contributed by atoms with Crippen LogP contribution in [0.4, 0.5) is 4.39 Å². The van der Waals surface area contributed by atoms with Crippen molar-refractivity contribution < 1.29 is 4.39 Å². The van der Waals surface area contributed by atoms with Gasteiger partial charge in [-0.1, -0.05) is 6.92 Å². The molecule has 0 radical (unpaired) electrons. The van der Waals surface area contributed by atoms with Crippen LogP contribution in [0.1, 0.15) is 39.0 Å². The van der Waals surface area contributed by atoms with Crippen molar-refractivity contribution in [3.05, 3.63) is 0 Å². The van der Waals surface area contributed by atoms with E-state index in [1.807, 2.05) is 6.92 Å². The number of piperidine rings is 1. The van der Waals surface area contributed by atoms with E-state index in [4.69, 9.17) is 0 Å². The van der Waals surface area contributed by atoms with Crippen molar-refractivity contribution in [1.29, 1.82) is 0 Å². The molecule has 0 amide bonds. The zero-order valence-corrected chi connectivity index (χ0v) is 8.56. The molecule has 0 bridgehead atoms. The van der Waals surface area contributed by atoms with Gasteiger partial charge in [-0.05, 0) is 50.6 Å². The first kappa shape index (κ1) is 9.45. The van der Waals surface area contributed by atoms with Crippen LogP contribution in [0.5, 0.6) is 0 Å². The number of hydrogen-bond donors (Lipinski definition) is 0. The average Bonchev–Trinajstić information content (AvgIpc) is 2.90. The molecular formula is C11H20FN. The SMILES string of the molecule is CCC(F)CN1CCC2(CC1)CC2. The summed E-state index contributed by atoms with van der Waals surface area (Å²) in [7, 11) is 0. The van der Waals surface area contributed by atoms with Gasteiger partial charge in [-0.15, -0.1) is 0 Å². The molecule has 1 aliphatic carbocycles. The van der Waals surface area contributed by atoms with Gasteiger partial charge in [0.25, 0.3) is 0 Å². The average molecular weight is 185 g/mol. The molecule has 1 unspecified atom stereocenters. The van der Waals surface area contributed by atoms with Crippen LogP contribution in [-0.4, -0.2) is 30.7 Å². The second-order valence-electron chi connectivity index (χ2n) is 4.81. The van der Waals surface area contributed by atoms with Gasteiger partial charge in [0, 0.05) is 6.54 Å². The molecule has 13 heavy (non-hydrogen) atoms. The maximum absolute atomic E-state index is 13.1. The van der Waals surface area contributed by atoms with Gasteiger partial charge in [0.05, 0.1) is 0 Å². The fourth-order valence-corrected chi connectivity index (χ4v) is 2.30. The predicted octanol–water partition coefficient (Wildman–Crippen LogP) is 2.61. The molecule has 1 nitrogen and oxygen atoms in total. The van der Waals surface area contributed by atoms with Crippen LogP contribution < -0.4 is 0 Å². The highest BCUT2D eigenvalue weighted by atomic mass is 19.1. The van der Waals surface area contributed by atoms with E-state index < -0.39 is 6.17 Å². The van der Waals surface area contributed by atoms with Gasteiger partial charge >= 0.3 is 0 Å². The Balaban J connectivity index is 1.71. The number of hydrogen-bond acceptors (Lipinski definition) is 1. The monoisotopic (exact) mass is 185 g/mol. The molecule has 2 fully saturated rings. The van der Waals surface area contributed by atoms with Gasteiger partial charge < -0.3 is 4.90 Å². The minimum atomic E-state index is -0.603. The van der Waals surface area contributed by atoms with Crippen molar-refractivity contribution >= 4 is 0 Å². The second kappa shape index (κ2) is 3.56. The van der Waals surface area contributed by atoms with E-state index in [0.717, 1.165) is 18.5 Å². The lowest BCUT2D eigenvalue weighted by Gasteiger charge is -2.32. The maximum Gasteiger partial charge on any atom is 0.112 e. The molecule has 1 saturated heterocycles. The molecule has 1 saturated carbocycles. The van der Waals surface area contributed by atoms with Crippen molar-refractivity contribution in [3.8, 4) is 0 Å². The largest absolute Gasteiger partial charge is 0.300 e. The highest BCUT2D eigenvalue weighted by Gasteiger charge is 2.44. The van der Waals surface area contributed by atoms with Crippen LogP contribution in [-0.2, 0) is 0 Å². The summed E-state index contributed by atoms with van der Waals surface area (Å²) in [6.07, 6.45) is 5.59. The second-order valence-corrected chi connectivity index (χ2v) is 4.81. The van der Waals surface area contributed by atoms with Crippen LogP contribution in [0.25, 0.3) is 0 Å². The van der Waals surface area contributed by atoms with Crippen molar-refractivity contribution in [2.75, 3.05) is 19.6 Å². The molecule has 0 aromatic carbocycles. The van der Waals surface area contributed by atoms with Crippen molar-refractivity contribution in [1.82, 2.24) is 4.90 Å². The summed E-state index contributed by atoms with van der Waals surface area (Å²) < 4.78 is 13.1. The molecule has 2 aliphatic rings. The molecule has 2 rings (SSSR count). The van der Waals surface area contributed by atoms with E-state index in [1.54, 1.807) is 0 Å². The molecule has 1 aliphatic heterocycles. The van der Waals surface area contributed by atoms with Crippen molar-refractivity contribution in [2.45, 2.75) is 45.2 Å². The number of halogens is 1. The highest BCUT2D eigenvalue weighted by Crippen LogP contribution is 2.53. The highest BCUT2D eigenvalue weighted by molar-refractivity contribution is 4.96. The third-order valence-electron chi connectivity index (χ3n) is 3.77. The first-order valence-electron chi connectivity index (χ1n) is 5.60. The molecule has 0 N–H and O–H groups in total. The quantitative estimate of drug-likeness (QED) is 0.653. The van der Waals surface area contributed by atoms with Crippen LogP contribution in [0, 0.1) is 5.41 Å². The fraction of sp³-hybridized carbons (Fsp3) is 1.00. The van der Waals surface area contributed by atoms with Crippen LogP contribution in [0.3, 0.4) is 0 Å². The Morgan fingerprint density at radius 2 is 1.85 bits per heavy atom. The van der Waals surface area contributed by atoms with Gasteiger partial charge in [0.2, 0.25) is 0 Å². The zero-order chi connectivity index (χ0) is 9.31. The van der Waals surface area contributed by atoms with E-state index in [1.165, 1.54) is 25.7 Å². The lowest BCUT2D eigenvalue weighted by molar-refractivity contribution is 0.131. The third-order valence-corrected chi connectivity index (χ3v) is 3.77. The summed E-state index contributed by atoms with van der Waals surface area (Å²) in [4.78, 5) is 2.30. The van der Waals surface area contributed by atoms with Crippen LogP contribution >= 0.6 is 0 Å². The van der Waals surface area contributed by atoms with Crippen LogP contribution in [0.15, 0.2) is 0 Å². The first-order valence-corrected chi connectivity index (χ1v) is 5.60. The van der Waals surface area contributed by atoms with Crippen LogP contribution in [0.2, 0.25) is 0 Å². The number of rotatable bonds is 3. The fourth-order valence-electron chi connectivity index (χ4n) is 2.30.